The third kappa shape index (κ3) is 3.77. The normalized spacial score (nSPS) is 12.2. The first-order valence-electron chi connectivity index (χ1n) is 5.61. The largest absolute Gasteiger partial charge is 0.350 e. The Bertz CT molecular complexity index is 376. The van der Waals surface area contributed by atoms with E-state index in [0.29, 0.717) is 0 Å². The van der Waals surface area contributed by atoms with E-state index in [0.717, 1.165) is 22.0 Å². The Balaban J connectivity index is 2.73. The van der Waals surface area contributed by atoms with Crippen LogP contribution in [0.3, 0.4) is 0 Å². The van der Waals surface area contributed by atoms with Gasteiger partial charge in [-0.2, -0.15) is 0 Å². The van der Waals surface area contributed by atoms with Gasteiger partial charge in [0.25, 0.3) is 5.91 Å². The molecule has 0 fully saturated rings. The van der Waals surface area contributed by atoms with Crippen molar-refractivity contribution in [3.05, 3.63) is 32.9 Å². The third-order valence-electron chi connectivity index (χ3n) is 2.47. The second-order valence-electron chi connectivity index (χ2n) is 4.15. The van der Waals surface area contributed by atoms with E-state index in [4.69, 9.17) is 0 Å². The first-order valence-corrected chi connectivity index (χ1v) is 6.69. The van der Waals surface area contributed by atoms with Gasteiger partial charge >= 0.3 is 0 Å². The van der Waals surface area contributed by atoms with Crippen molar-refractivity contribution in [3.63, 3.8) is 0 Å². The van der Waals surface area contributed by atoms with Crippen LogP contribution in [-0.2, 0) is 0 Å². The second-order valence-corrected chi connectivity index (χ2v) is 5.31. The van der Waals surface area contributed by atoms with Gasteiger partial charge in [0, 0.05) is 9.61 Å². The van der Waals surface area contributed by atoms with Crippen LogP contribution in [0.4, 0.5) is 0 Å². The molecule has 0 heterocycles. The lowest BCUT2D eigenvalue weighted by molar-refractivity contribution is 0.0937. The van der Waals surface area contributed by atoms with Crippen molar-refractivity contribution in [3.8, 4) is 0 Å². The maximum absolute atomic E-state index is 11.9. The van der Waals surface area contributed by atoms with E-state index in [9.17, 15) is 4.79 Å². The molecule has 0 aliphatic heterocycles. The van der Waals surface area contributed by atoms with Gasteiger partial charge in [0.2, 0.25) is 0 Å². The number of aryl methyl sites for hydroxylation is 1. The van der Waals surface area contributed by atoms with Crippen molar-refractivity contribution in [1.82, 2.24) is 5.32 Å². The van der Waals surface area contributed by atoms with Crippen LogP contribution in [0, 0.1) is 10.5 Å². The number of hydrogen-bond donors (Lipinski definition) is 1. The van der Waals surface area contributed by atoms with Crippen molar-refractivity contribution in [2.24, 2.45) is 0 Å². The maximum Gasteiger partial charge on any atom is 0.252 e. The number of hydrogen-bond acceptors (Lipinski definition) is 1. The first-order chi connectivity index (χ1) is 7.54. The van der Waals surface area contributed by atoms with Gasteiger partial charge in [0.1, 0.15) is 0 Å². The molecule has 1 N–H and O–H groups in total. The SMILES string of the molecule is CCC[C@H](C)NC(=O)c1ccc(C)cc1I. The molecule has 2 nitrogen and oxygen atoms in total. The minimum atomic E-state index is 0.0327. The predicted octanol–water partition coefficient (Wildman–Crippen LogP) is 3.52. The molecule has 0 aliphatic carbocycles. The highest BCUT2D eigenvalue weighted by atomic mass is 127. The summed E-state index contributed by atoms with van der Waals surface area (Å²) in [7, 11) is 0. The molecule has 16 heavy (non-hydrogen) atoms. The highest BCUT2D eigenvalue weighted by Gasteiger charge is 2.11. The Labute approximate surface area is 111 Å². The van der Waals surface area contributed by atoms with Crippen molar-refractivity contribution >= 4 is 28.5 Å². The minimum absolute atomic E-state index is 0.0327. The van der Waals surface area contributed by atoms with Crippen LogP contribution >= 0.6 is 22.6 Å². The first kappa shape index (κ1) is 13.5. The highest BCUT2D eigenvalue weighted by molar-refractivity contribution is 14.1. The molecule has 0 radical (unpaired) electrons. The summed E-state index contributed by atoms with van der Waals surface area (Å²) in [6, 6.07) is 6.14. The van der Waals surface area contributed by atoms with E-state index in [1.54, 1.807) is 0 Å². The molecule has 1 atom stereocenters. The van der Waals surface area contributed by atoms with Gasteiger partial charge in [-0.25, -0.2) is 0 Å². The van der Waals surface area contributed by atoms with Gasteiger partial charge in [-0.1, -0.05) is 25.0 Å². The summed E-state index contributed by atoms with van der Waals surface area (Å²) in [4.78, 5) is 11.9. The fourth-order valence-electron chi connectivity index (χ4n) is 1.61. The fourth-order valence-corrected chi connectivity index (χ4v) is 2.53. The summed E-state index contributed by atoms with van der Waals surface area (Å²) in [5.74, 6) is 0.0327. The molecule has 0 bridgehead atoms. The average molecular weight is 331 g/mol. The molecule has 0 saturated carbocycles. The van der Waals surface area contributed by atoms with Crippen LogP contribution in [0.1, 0.15) is 42.6 Å². The Morgan fingerprint density at radius 1 is 1.50 bits per heavy atom. The van der Waals surface area contributed by atoms with Crippen LogP contribution < -0.4 is 5.32 Å². The molecule has 1 aromatic carbocycles. The van der Waals surface area contributed by atoms with E-state index < -0.39 is 0 Å². The lowest BCUT2D eigenvalue weighted by Gasteiger charge is -2.13. The molecular formula is C13H18INO. The van der Waals surface area contributed by atoms with Gasteiger partial charge < -0.3 is 5.32 Å². The maximum atomic E-state index is 11.9. The van der Waals surface area contributed by atoms with E-state index in [1.165, 1.54) is 5.56 Å². The molecule has 1 amide bonds. The topological polar surface area (TPSA) is 29.1 Å². The molecule has 0 aliphatic rings. The smallest absolute Gasteiger partial charge is 0.252 e. The van der Waals surface area contributed by atoms with Crippen LogP contribution in [-0.4, -0.2) is 11.9 Å². The summed E-state index contributed by atoms with van der Waals surface area (Å²) in [5, 5.41) is 3.01. The second kappa shape index (κ2) is 6.23. The quantitative estimate of drug-likeness (QED) is 0.841. The monoisotopic (exact) mass is 331 g/mol. The van der Waals surface area contributed by atoms with Gasteiger partial charge in [0.05, 0.1) is 5.56 Å². The Morgan fingerprint density at radius 3 is 2.75 bits per heavy atom. The van der Waals surface area contributed by atoms with Gasteiger partial charge in [-0.3, -0.25) is 4.79 Å². The number of carbonyl (C=O) groups is 1. The van der Waals surface area contributed by atoms with Crippen LogP contribution in [0.2, 0.25) is 0 Å². The molecule has 0 aromatic heterocycles. The molecule has 1 rings (SSSR count). The minimum Gasteiger partial charge on any atom is -0.350 e. The molecule has 1 aromatic rings. The van der Waals surface area contributed by atoms with Crippen molar-refractivity contribution in [2.75, 3.05) is 0 Å². The lowest BCUT2D eigenvalue weighted by atomic mass is 10.1. The predicted molar refractivity (Wildman–Crippen MR) is 75.7 cm³/mol. The van der Waals surface area contributed by atoms with E-state index in [2.05, 4.69) is 34.8 Å². The van der Waals surface area contributed by atoms with E-state index in [1.807, 2.05) is 32.0 Å². The molecule has 3 heteroatoms. The standard InChI is InChI=1S/C13H18INO/c1-4-5-10(3)15-13(16)11-7-6-9(2)8-12(11)14/h6-8,10H,4-5H2,1-3H3,(H,15,16)/t10-/m0/s1. The Kier molecular flexibility index (Phi) is 5.25. The molecular weight excluding hydrogens is 313 g/mol. The molecule has 88 valence electrons. The molecule has 0 unspecified atom stereocenters. The summed E-state index contributed by atoms with van der Waals surface area (Å²) < 4.78 is 1.01. The zero-order valence-electron chi connectivity index (χ0n) is 10.0. The highest BCUT2D eigenvalue weighted by Crippen LogP contribution is 2.14. The number of rotatable bonds is 4. The fraction of sp³-hybridized carbons (Fsp3) is 0.462. The van der Waals surface area contributed by atoms with Crippen molar-refractivity contribution < 1.29 is 4.79 Å². The van der Waals surface area contributed by atoms with E-state index in [-0.39, 0.29) is 11.9 Å². The summed E-state index contributed by atoms with van der Waals surface area (Å²) in [6.07, 6.45) is 2.11. The van der Waals surface area contributed by atoms with E-state index >= 15 is 0 Å². The van der Waals surface area contributed by atoms with Gasteiger partial charge in [-0.05, 0) is 55.0 Å². The van der Waals surface area contributed by atoms with Crippen molar-refractivity contribution in [1.29, 1.82) is 0 Å². The van der Waals surface area contributed by atoms with Crippen LogP contribution in [0.25, 0.3) is 0 Å². The Hall–Kier alpha value is -0.580. The summed E-state index contributed by atoms with van der Waals surface area (Å²) in [6.45, 7) is 6.20. The number of carbonyl (C=O) groups excluding carboxylic acids is 1. The third-order valence-corrected chi connectivity index (χ3v) is 3.36. The van der Waals surface area contributed by atoms with Crippen molar-refractivity contribution in [2.45, 2.75) is 39.7 Å². The number of benzene rings is 1. The molecule has 0 spiro atoms. The zero-order chi connectivity index (χ0) is 12.1. The molecule has 0 saturated heterocycles. The number of amides is 1. The van der Waals surface area contributed by atoms with Crippen LogP contribution in [0.15, 0.2) is 18.2 Å². The number of nitrogens with one attached hydrogen (secondary N) is 1. The number of halogens is 1. The average Bonchev–Trinajstić information content (AvgIpc) is 2.17. The van der Waals surface area contributed by atoms with Gasteiger partial charge in [-0.15, -0.1) is 0 Å². The zero-order valence-corrected chi connectivity index (χ0v) is 12.2. The lowest BCUT2D eigenvalue weighted by Crippen LogP contribution is -2.32. The van der Waals surface area contributed by atoms with Gasteiger partial charge in [0.15, 0.2) is 0 Å². The summed E-state index contributed by atoms with van der Waals surface area (Å²) >= 11 is 2.21. The van der Waals surface area contributed by atoms with Crippen LogP contribution in [0.5, 0.6) is 0 Å². The Morgan fingerprint density at radius 2 is 2.19 bits per heavy atom. The summed E-state index contributed by atoms with van der Waals surface area (Å²) in [5.41, 5.74) is 1.96.